The molecule has 1 spiro atoms. The number of H-pyrrole nitrogens is 2. The smallest absolute Gasteiger partial charge is 0.264 e. The van der Waals surface area contributed by atoms with Gasteiger partial charge in [-0.15, -0.1) is 11.8 Å². The molecule has 0 radical (unpaired) electrons. The number of hydrogen-bond acceptors (Lipinski definition) is 6. The fourth-order valence-electron chi connectivity index (χ4n) is 6.12. The van der Waals surface area contributed by atoms with E-state index in [-0.39, 0.29) is 17.0 Å². The van der Waals surface area contributed by atoms with Gasteiger partial charge in [0.25, 0.3) is 5.56 Å². The molecule has 4 N–H and O–H groups in total. The number of rotatable bonds is 2. The molecule has 3 aliphatic rings. The van der Waals surface area contributed by atoms with Crippen LogP contribution in [0.5, 0.6) is 0 Å². The molecule has 1 saturated heterocycles. The summed E-state index contributed by atoms with van der Waals surface area (Å²) in [6.45, 7) is 1.62. The number of nitrogens with zero attached hydrogens (tertiary/aromatic N) is 3. The lowest BCUT2D eigenvalue weighted by Gasteiger charge is -2.42. The molecule has 2 aliphatic heterocycles. The predicted molar refractivity (Wildman–Crippen MR) is 140 cm³/mol. The molecule has 176 valence electrons. The summed E-state index contributed by atoms with van der Waals surface area (Å²) >= 11 is 1.73. The van der Waals surface area contributed by atoms with Gasteiger partial charge in [0.2, 0.25) is 5.95 Å². The molecule has 2 aromatic heterocycles. The van der Waals surface area contributed by atoms with Crippen LogP contribution in [-0.2, 0) is 12.2 Å². The third-order valence-electron chi connectivity index (χ3n) is 8.08. The summed E-state index contributed by atoms with van der Waals surface area (Å²) in [6, 6.07) is 16.9. The van der Waals surface area contributed by atoms with Gasteiger partial charge in [-0.2, -0.15) is 10.1 Å². The number of benzene rings is 2. The third-order valence-corrected chi connectivity index (χ3v) is 8.96. The van der Waals surface area contributed by atoms with Gasteiger partial charge in [-0.1, -0.05) is 48.5 Å². The highest BCUT2D eigenvalue weighted by atomic mass is 32.2. The Morgan fingerprint density at radius 1 is 1.06 bits per heavy atom. The van der Waals surface area contributed by atoms with E-state index in [1.54, 1.807) is 11.8 Å². The maximum Gasteiger partial charge on any atom is 0.264 e. The number of piperidine rings is 1. The summed E-state index contributed by atoms with van der Waals surface area (Å²) in [5.41, 5.74) is 13.9. The highest BCUT2D eigenvalue weighted by Gasteiger charge is 2.46. The van der Waals surface area contributed by atoms with Gasteiger partial charge in [-0.25, -0.2) is 0 Å². The van der Waals surface area contributed by atoms with E-state index in [4.69, 9.17) is 10.7 Å². The van der Waals surface area contributed by atoms with Crippen LogP contribution >= 0.6 is 11.8 Å². The number of hydrogen-bond donors (Lipinski definition) is 3. The normalized spacial score (nSPS) is 20.7. The zero-order valence-electron chi connectivity index (χ0n) is 19.3. The van der Waals surface area contributed by atoms with Crippen molar-refractivity contribution in [1.29, 1.82) is 0 Å². The van der Waals surface area contributed by atoms with E-state index >= 15 is 0 Å². The standard InChI is InChI=1S/C27H26N6OS/c28-23-19-8-4-1-5-16(19)13-27(23)9-11-33(12-10-27)26-29-24-21(25(34)30-26)22(31-32-24)20-15-35-14-17-6-2-3-7-18(17)20/h1-8,15,23H,9-14,28H2,(H2,29,30,31,32,34)/t23-/m1/s1. The van der Waals surface area contributed by atoms with E-state index in [0.717, 1.165) is 54.9 Å². The van der Waals surface area contributed by atoms with Crippen molar-refractivity contribution in [3.8, 4) is 0 Å². The number of nitrogens with two attached hydrogens (primary N) is 1. The van der Waals surface area contributed by atoms with Gasteiger partial charge in [0.05, 0.1) is 5.69 Å². The Kier molecular flexibility index (Phi) is 4.69. The van der Waals surface area contributed by atoms with Crippen molar-refractivity contribution in [2.24, 2.45) is 11.1 Å². The summed E-state index contributed by atoms with van der Waals surface area (Å²) in [4.78, 5) is 23.3. The van der Waals surface area contributed by atoms with Crippen molar-refractivity contribution in [3.05, 3.63) is 92.2 Å². The fourth-order valence-corrected chi connectivity index (χ4v) is 7.04. The Hall–Kier alpha value is -3.36. The number of fused-ring (bicyclic) bond motifs is 3. The van der Waals surface area contributed by atoms with Gasteiger partial charge in [-0.05, 0) is 52.3 Å². The van der Waals surface area contributed by atoms with Crippen LogP contribution in [-0.4, -0.2) is 33.3 Å². The molecule has 2 aromatic carbocycles. The number of aromatic nitrogens is 4. The molecule has 35 heavy (non-hydrogen) atoms. The maximum atomic E-state index is 13.3. The van der Waals surface area contributed by atoms with E-state index in [2.05, 4.69) is 61.9 Å². The lowest BCUT2D eigenvalue weighted by molar-refractivity contribution is 0.187. The first-order valence-corrected chi connectivity index (χ1v) is 13.1. The van der Waals surface area contributed by atoms with Crippen LogP contribution in [0.2, 0.25) is 0 Å². The van der Waals surface area contributed by atoms with Gasteiger partial charge < -0.3 is 10.6 Å². The van der Waals surface area contributed by atoms with Gasteiger partial charge >= 0.3 is 0 Å². The second-order valence-corrected chi connectivity index (χ2v) is 10.7. The molecular weight excluding hydrogens is 456 g/mol. The van der Waals surface area contributed by atoms with E-state index in [1.165, 1.54) is 16.7 Å². The third kappa shape index (κ3) is 3.20. The molecule has 7 nitrogen and oxygen atoms in total. The predicted octanol–water partition coefficient (Wildman–Crippen LogP) is 4.12. The van der Waals surface area contributed by atoms with Crippen LogP contribution in [0.1, 0.15) is 46.8 Å². The van der Waals surface area contributed by atoms with Crippen molar-refractivity contribution < 1.29 is 0 Å². The molecule has 1 aliphatic carbocycles. The second kappa shape index (κ2) is 7.83. The van der Waals surface area contributed by atoms with Crippen LogP contribution in [0.25, 0.3) is 16.6 Å². The van der Waals surface area contributed by atoms with Crippen LogP contribution < -0.4 is 16.2 Å². The van der Waals surface area contributed by atoms with Gasteiger partial charge in [-0.3, -0.25) is 14.9 Å². The van der Waals surface area contributed by atoms with Crippen molar-refractivity contribution in [3.63, 3.8) is 0 Å². The summed E-state index contributed by atoms with van der Waals surface area (Å²) in [5.74, 6) is 1.52. The van der Waals surface area contributed by atoms with Crippen LogP contribution in [0.3, 0.4) is 0 Å². The van der Waals surface area contributed by atoms with E-state index < -0.39 is 0 Å². The summed E-state index contributed by atoms with van der Waals surface area (Å²) in [7, 11) is 0. The van der Waals surface area contributed by atoms with Gasteiger partial charge in [0.15, 0.2) is 5.65 Å². The Morgan fingerprint density at radius 2 is 1.83 bits per heavy atom. The Morgan fingerprint density at radius 3 is 2.66 bits per heavy atom. The minimum atomic E-state index is -0.159. The topological polar surface area (TPSA) is 104 Å². The average Bonchev–Trinajstić information content (AvgIpc) is 3.44. The summed E-state index contributed by atoms with van der Waals surface area (Å²) in [5, 5.41) is 10.2. The Bertz CT molecular complexity index is 1540. The van der Waals surface area contributed by atoms with E-state index in [0.29, 0.717) is 17.0 Å². The zero-order chi connectivity index (χ0) is 23.6. The molecule has 0 amide bonds. The molecule has 8 heteroatoms. The fraction of sp³-hybridized carbons (Fsp3) is 0.296. The SMILES string of the molecule is N[C@@H]1c2ccccc2CC12CCN(c1nc3n[nH]c(C4=CSCc5ccccc54)c3c(=O)[nH]1)CC2. The number of thioether (sulfide) groups is 1. The van der Waals surface area contributed by atoms with Crippen LogP contribution in [0, 0.1) is 5.41 Å². The molecule has 7 rings (SSSR count). The van der Waals surface area contributed by atoms with Crippen molar-refractivity contribution in [2.45, 2.75) is 31.1 Å². The molecule has 1 fully saturated rings. The highest BCUT2D eigenvalue weighted by molar-refractivity contribution is 8.01. The first kappa shape index (κ1) is 21.0. The van der Waals surface area contributed by atoms with Gasteiger partial charge in [0, 0.05) is 30.5 Å². The molecule has 0 bridgehead atoms. The number of anilines is 1. The molecule has 4 aromatic rings. The van der Waals surface area contributed by atoms with E-state index in [1.807, 2.05) is 12.1 Å². The molecule has 4 heterocycles. The molecule has 0 saturated carbocycles. The summed E-state index contributed by atoms with van der Waals surface area (Å²) in [6.07, 6.45) is 2.97. The monoisotopic (exact) mass is 482 g/mol. The number of nitrogens with one attached hydrogen (secondary N) is 2. The number of aromatic amines is 2. The summed E-state index contributed by atoms with van der Waals surface area (Å²) < 4.78 is 0. The van der Waals surface area contributed by atoms with Crippen LogP contribution in [0.4, 0.5) is 5.95 Å². The highest BCUT2D eigenvalue weighted by Crippen LogP contribution is 2.50. The molecule has 1 atom stereocenters. The maximum absolute atomic E-state index is 13.3. The second-order valence-electron chi connectivity index (χ2n) is 9.89. The molecule has 0 unspecified atom stereocenters. The lowest BCUT2D eigenvalue weighted by Crippen LogP contribution is -2.45. The van der Waals surface area contributed by atoms with E-state index in [9.17, 15) is 4.79 Å². The quantitative estimate of drug-likeness (QED) is 0.397. The zero-order valence-corrected chi connectivity index (χ0v) is 20.1. The minimum Gasteiger partial charge on any atom is -0.342 e. The first-order chi connectivity index (χ1) is 17.1. The van der Waals surface area contributed by atoms with Crippen LogP contribution in [0.15, 0.2) is 58.7 Å². The van der Waals surface area contributed by atoms with Crippen molar-refractivity contribution >= 4 is 34.3 Å². The largest absolute Gasteiger partial charge is 0.342 e. The van der Waals surface area contributed by atoms with Crippen molar-refractivity contribution in [1.82, 2.24) is 20.2 Å². The van der Waals surface area contributed by atoms with Crippen molar-refractivity contribution in [2.75, 3.05) is 18.0 Å². The average molecular weight is 483 g/mol. The Balaban J connectivity index is 1.18. The first-order valence-electron chi connectivity index (χ1n) is 12.1. The Labute approximate surface area is 206 Å². The molecular formula is C27H26N6OS. The lowest BCUT2D eigenvalue weighted by atomic mass is 9.73. The minimum absolute atomic E-state index is 0.0637. The van der Waals surface area contributed by atoms with Gasteiger partial charge in [0.1, 0.15) is 5.39 Å².